The molecule has 188 valence electrons. The van der Waals surface area contributed by atoms with E-state index in [0.29, 0.717) is 29.7 Å². The summed E-state index contributed by atoms with van der Waals surface area (Å²) in [6, 6.07) is 15.9. The van der Waals surface area contributed by atoms with Gasteiger partial charge in [0.2, 0.25) is 11.9 Å². The number of anilines is 4. The van der Waals surface area contributed by atoms with E-state index < -0.39 is 0 Å². The van der Waals surface area contributed by atoms with Gasteiger partial charge in [0.15, 0.2) is 11.5 Å². The normalized spacial score (nSPS) is 11.6. The zero-order valence-electron chi connectivity index (χ0n) is 21.1. The lowest BCUT2D eigenvalue weighted by atomic mass is 10.1. The van der Waals surface area contributed by atoms with Crippen molar-refractivity contribution in [2.24, 2.45) is 0 Å². The number of likely N-dealkylation sites (N-methyl/N-ethyl adjacent to an activating group) is 1. The highest BCUT2D eigenvalue weighted by atomic mass is 32.1. The second-order valence-corrected chi connectivity index (χ2v) is 9.93. The van der Waals surface area contributed by atoms with E-state index >= 15 is 0 Å². The number of aromatic nitrogens is 4. The third-order valence-electron chi connectivity index (χ3n) is 5.71. The van der Waals surface area contributed by atoms with E-state index in [1.807, 2.05) is 80.5 Å². The van der Waals surface area contributed by atoms with Crippen LogP contribution in [0.15, 0.2) is 72.3 Å². The van der Waals surface area contributed by atoms with Crippen LogP contribution in [0.25, 0.3) is 27.1 Å². The smallest absolute Gasteiger partial charge is 0.248 e. The molecule has 3 aromatic heterocycles. The van der Waals surface area contributed by atoms with E-state index in [2.05, 4.69) is 38.2 Å². The Morgan fingerprint density at radius 1 is 1.08 bits per heavy atom. The van der Waals surface area contributed by atoms with Gasteiger partial charge in [0.1, 0.15) is 0 Å². The van der Waals surface area contributed by atoms with Crippen molar-refractivity contribution < 1.29 is 4.79 Å². The quantitative estimate of drug-likeness (QED) is 0.287. The molecule has 5 aromatic rings. The second-order valence-electron chi connectivity index (χ2n) is 9.02. The molecule has 0 bridgehead atoms. The number of rotatable bonds is 8. The maximum atomic E-state index is 12.5. The van der Waals surface area contributed by atoms with E-state index in [0.717, 1.165) is 22.3 Å². The van der Waals surface area contributed by atoms with Gasteiger partial charge in [-0.15, -0.1) is 11.3 Å². The molecule has 0 saturated heterocycles. The first-order valence-electron chi connectivity index (χ1n) is 11.8. The number of hydrogen-bond donors (Lipinski definition) is 2. The van der Waals surface area contributed by atoms with Crippen LogP contribution < -0.4 is 15.5 Å². The number of amides is 1. The minimum atomic E-state index is -0.189. The van der Waals surface area contributed by atoms with E-state index in [4.69, 9.17) is 4.98 Å². The van der Waals surface area contributed by atoms with Gasteiger partial charge in [-0.2, -0.15) is 19.6 Å². The Labute approximate surface area is 219 Å². The van der Waals surface area contributed by atoms with Crippen LogP contribution in [0.2, 0.25) is 0 Å². The maximum Gasteiger partial charge on any atom is 0.248 e. The molecule has 0 spiro atoms. The van der Waals surface area contributed by atoms with Crippen molar-refractivity contribution in [2.75, 3.05) is 50.3 Å². The number of carbonyl (C=O) groups is 1. The molecule has 1 amide bonds. The first-order valence-corrected chi connectivity index (χ1v) is 12.7. The summed E-state index contributed by atoms with van der Waals surface area (Å²) in [5.41, 5.74) is 4.01. The molecular formula is C27H28N8OS. The van der Waals surface area contributed by atoms with Crippen molar-refractivity contribution >= 4 is 56.0 Å². The summed E-state index contributed by atoms with van der Waals surface area (Å²) in [5, 5.41) is 14.0. The number of hydrogen-bond acceptors (Lipinski definition) is 8. The lowest BCUT2D eigenvalue weighted by molar-refractivity contribution is -0.111. The molecule has 0 aliphatic carbocycles. The summed E-state index contributed by atoms with van der Waals surface area (Å²) in [7, 11) is 7.79. The van der Waals surface area contributed by atoms with E-state index in [-0.39, 0.29) is 5.91 Å². The van der Waals surface area contributed by atoms with Gasteiger partial charge in [0.05, 0.1) is 17.6 Å². The molecule has 2 aromatic carbocycles. The predicted molar refractivity (Wildman–Crippen MR) is 152 cm³/mol. The van der Waals surface area contributed by atoms with E-state index in [1.165, 1.54) is 4.70 Å². The lowest BCUT2D eigenvalue weighted by Gasteiger charge is -2.19. The number of benzene rings is 2. The number of thiophene rings is 1. The van der Waals surface area contributed by atoms with E-state index in [9.17, 15) is 4.79 Å². The number of nitrogens with one attached hydrogen (secondary N) is 2. The van der Waals surface area contributed by atoms with Crippen LogP contribution in [0.4, 0.5) is 23.0 Å². The highest BCUT2D eigenvalue weighted by Gasteiger charge is 2.15. The Morgan fingerprint density at radius 3 is 2.73 bits per heavy atom. The minimum Gasteiger partial charge on any atom is -0.376 e. The fourth-order valence-corrected chi connectivity index (χ4v) is 4.92. The Morgan fingerprint density at radius 2 is 1.92 bits per heavy atom. The highest BCUT2D eigenvalue weighted by molar-refractivity contribution is 7.17. The van der Waals surface area contributed by atoms with Gasteiger partial charge < -0.3 is 20.4 Å². The van der Waals surface area contributed by atoms with Gasteiger partial charge in [-0.1, -0.05) is 24.3 Å². The summed E-state index contributed by atoms with van der Waals surface area (Å²) in [6.45, 7) is 0.686. The van der Waals surface area contributed by atoms with Crippen molar-refractivity contribution in [3.8, 4) is 11.4 Å². The lowest BCUT2D eigenvalue weighted by Crippen LogP contribution is -2.16. The van der Waals surface area contributed by atoms with Crippen LogP contribution in [0.1, 0.15) is 0 Å². The largest absolute Gasteiger partial charge is 0.376 e. The summed E-state index contributed by atoms with van der Waals surface area (Å²) < 4.78 is 2.94. The van der Waals surface area contributed by atoms with Gasteiger partial charge in [-0.05, 0) is 38.4 Å². The van der Waals surface area contributed by atoms with Crippen LogP contribution in [0, 0.1) is 0 Å². The van der Waals surface area contributed by atoms with Crippen molar-refractivity contribution in [1.29, 1.82) is 0 Å². The monoisotopic (exact) mass is 512 g/mol. The summed E-state index contributed by atoms with van der Waals surface area (Å²) in [4.78, 5) is 26.0. The molecule has 9 nitrogen and oxygen atoms in total. The Kier molecular flexibility index (Phi) is 6.85. The van der Waals surface area contributed by atoms with Crippen molar-refractivity contribution in [3.05, 3.63) is 72.3 Å². The fourth-order valence-electron chi connectivity index (χ4n) is 3.98. The van der Waals surface area contributed by atoms with Crippen LogP contribution in [-0.4, -0.2) is 65.1 Å². The van der Waals surface area contributed by atoms with Gasteiger partial charge >= 0.3 is 0 Å². The molecule has 0 saturated carbocycles. The first kappa shape index (κ1) is 24.4. The molecule has 0 aliphatic heterocycles. The van der Waals surface area contributed by atoms with Gasteiger partial charge in [0, 0.05) is 59.5 Å². The standard InChI is InChI=1S/C27H28N8OS/c1-33(2)15-7-10-25(36)30-21-16-18(11-12-22(21)34(3)4)29-27-31-24-13-14-28-35(24)26(32-27)20-17-37-23-9-6-5-8-19(20)23/h5-14,16-17H,15H2,1-4H3,(H,29,31)(H,30,36). The molecule has 37 heavy (non-hydrogen) atoms. The van der Waals surface area contributed by atoms with Crippen LogP contribution >= 0.6 is 11.3 Å². The third kappa shape index (κ3) is 5.30. The van der Waals surface area contributed by atoms with Crippen molar-refractivity contribution in [3.63, 3.8) is 0 Å². The predicted octanol–water partition coefficient (Wildman–Crippen LogP) is 4.87. The number of fused-ring (bicyclic) bond motifs is 2. The molecule has 2 N–H and O–H groups in total. The molecule has 0 radical (unpaired) electrons. The van der Waals surface area contributed by atoms with Gasteiger partial charge in [-0.3, -0.25) is 4.79 Å². The minimum absolute atomic E-state index is 0.189. The van der Waals surface area contributed by atoms with Gasteiger partial charge in [-0.25, -0.2) is 0 Å². The fraction of sp³-hybridized carbons (Fsp3) is 0.185. The Balaban J connectivity index is 1.48. The third-order valence-corrected chi connectivity index (χ3v) is 6.67. The maximum absolute atomic E-state index is 12.5. The molecule has 0 fully saturated rings. The van der Waals surface area contributed by atoms with Crippen molar-refractivity contribution in [1.82, 2.24) is 24.5 Å². The van der Waals surface area contributed by atoms with Crippen molar-refractivity contribution in [2.45, 2.75) is 0 Å². The zero-order chi connectivity index (χ0) is 25.9. The van der Waals surface area contributed by atoms with Crippen LogP contribution in [0.5, 0.6) is 0 Å². The van der Waals surface area contributed by atoms with Crippen LogP contribution in [0.3, 0.4) is 0 Å². The number of carbonyl (C=O) groups excluding carboxylic acids is 1. The second kappa shape index (κ2) is 10.4. The molecule has 10 heteroatoms. The highest BCUT2D eigenvalue weighted by Crippen LogP contribution is 2.34. The molecule has 0 aliphatic rings. The van der Waals surface area contributed by atoms with E-state index in [1.54, 1.807) is 28.1 Å². The number of nitrogens with zero attached hydrogens (tertiary/aromatic N) is 6. The average molecular weight is 513 g/mol. The summed E-state index contributed by atoms with van der Waals surface area (Å²) >= 11 is 1.67. The Hall–Kier alpha value is -4.28. The zero-order valence-corrected chi connectivity index (χ0v) is 22.0. The summed E-state index contributed by atoms with van der Waals surface area (Å²) in [5.74, 6) is 0.962. The SMILES string of the molecule is CN(C)CC=CC(=O)Nc1cc(Nc2nc(-c3csc4ccccc34)n3nccc3n2)ccc1N(C)C. The molecule has 0 unspecified atom stereocenters. The molecule has 3 heterocycles. The van der Waals surface area contributed by atoms with Gasteiger partial charge in [0.25, 0.3) is 0 Å². The molecule has 5 rings (SSSR count). The molecular weight excluding hydrogens is 484 g/mol. The average Bonchev–Trinajstić information content (AvgIpc) is 3.50. The molecule has 0 atom stereocenters. The van der Waals surface area contributed by atoms with Crippen LogP contribution in [-0.2, 0) is 4.79 Å². The summed E-state index contributed by atoms with van der Waals surface area (Å²) in [6.07, 6.45) is 5.10. The Bertz CT molecular complexity index is 1600. The first-order chi connectivity index (χ1) is 17.9. The topological polar surface area (TPSA) is 90.7 Å².